The van der Waals surface area contributed by atoms with E-state index in [9.17, 15) is 9.18 Å². The zero-order valence-electron chi connectivity index (χ0n) is 6.41. The highest BCUT2D eigenvalue weighted by atomic mass is 19.1. The number of nitrogens with one attached hydrogen (secondary N) is 1. The molecule has 66 valence electrons. The van der Waals surface area contributed by atoms with Gasteiger partial charge < -0.3 is 5.11 Å². The van der Waals surface area contributed by atoms with Gasteiger partial charge in [0, 0.05) is 0 Å². The van der Waals surface area contributed by atoms with E-state index >= 15 is 0 Å². The maximum absolute atomic E-state index is 12.9. The number of rotatable bonds is 2. The van der Waals surface area contributed by atoms with Crippen molar-refractivity contribution in [1.29, 1.82) is 5.26 Å². The Morgan fingerprint density at radius 2 is 2.31 bits per heavy atom. The van der Waals surface area contributed by atoms with Crippen LogP contribution in [0.5, 0.6) is 0 Å². The fourth-order valence-electron chi connectivity index (χ4n) is 0.906. The first-order valence-corrected chi connectivity index (χ1v) is 3.33. The van der Waals surface area contributed by atoms with E-state index < -0.39 is 17.3 Å². The van der Waals surface area contributed by atoms with E-state index in [2.05, 4.69) is 5.32 Å². The van der Waals surface area contributed by atoms with Crippen LogP contribution < -0.4 is 5.32 Å². The van der Waals surface area contributed by atoms with Crippen LogP contribution in [0.4, 0.5) is 10.1 Å². The van der Waals surface area contributed by atoms with E-state index in [0.29, 0.717) is 0 Å². The largest absolute Gasteiger partial charge is 0.478 e. The molecular formula is C8H5FN2O2. The fraction of sp³-hybridized carbons (Fsp3) is 0. The van der Waals surface area contributed by atoms with Gasteiger partial charge in [0.25, 0.3) is 0 Å². The SMILES string of the molecule is N#CNc1cccc(F)c1C(=O)O. The van der Waals surface area contributed by atoms with Gasteiger partial charge in [-0.3, -0.25) is 5.32 Å². The van der Waals surface area contributed by atoms with Gasteiger partial charge in [0.1, 0.15) is 11.4 Å². The third kappa shape index (κ3) is 1.73. The lowest BCUT2D eigenvalue weighted by molar-refractivity contribution is 0.0693. The Balaban J connectivity index is 3.27. The van der Waals surface area contributed by atoms with Crippen molar-refractivity contribution in [1.82, 2.24) is 0 Å². The topological polar surface area (TPSA) is 73.1 Å². The van der Waals surface area contributed by atoms with Crippen LogP contribution in [0.15, 0.2) is 18.2 Å². The summed E-state index contributed by atoms with van der Waals surface area (Å²) < 4.78 is 12.9. The first-order chi connectivity index (χ1) is 6.16. The van der Waals surface area contributed by atoms with Gasteiger partial charge in [-0.1, -0.05) is 6.07 Å². The minimum atomic E-state index is -1.41. The van der Waals surface area contributed by atoms with Crippen LogP contribution in [-0.2, 0) is 0 Å². The molecule has 0 aliphatic carbocycles. The van der Waals surface area contributed by atoms with E-state index in [1.165, 1.54) is 18.3 Å². The summed E-state index contributed by atoms with van der Waals surface area (Å²) in [6.07, 6.45) is 1.53. The van der Waals surface area contributed by atoms with E-state index in [-0.39, 0.29) is 5.69 Å². The van der Waals surface area contributed by atoms with E-state index in [1.54, 1.807) is 0 Å². The van der Waals surface area contributed by atoms with Gasteiger partial charge in [-0.2, -0.15) is 5.26 Å². The monoisotopic (exact) mass is 180 g/mol. The second-order valence-corrected chi connectivity index (χ2v) is 2.20. The number of carboxylic acids is 1. The average molecular weight is 180 g/mol. The zero-order valence-corrected chi connectivity index (χ0v) is 6.41. The van der Waals surface area contributed by atoms with Crippen molar-refractivity contribution < 1.29 is 14.3 Å². The Kier molecular flexibility index (Phi) is 2.45. The number of hydrogen-bond acceptors (Lipinski definition) is 3. The molecule has 4 nitrogen and oxygen atoms in total. The van der Waals surface area contributed by atoms with Crippen LogP contribution in [-0.4, -0.2) is 11.1 Å². The molecular weight excluding hydrogens is 175 g/mol. The van der Waals surface area contributed by atoms with Gasteiger partial charge in [0.15, 0.2) is 6.19 Å². The van der Waals surface area contributed by atoms with Crippen molar-refractivity contribution >= 4 is 11.7 Å². The van der Waals surface area contributed by atoms with Gasteiger partial charge in [0.2, 0.25) is 0 Å². The molecule has 0 radical (unpaired) electrons. The van der Waals surface area contributed by atoms with E-state index in [1.807, 2.05) is 0 Å². The van der Waals surface area contributed by atoms with Crippen LogP contribution in [0.3, 0.4) is 0 Å². The first kappa shape index (κ1) is 9.00. The summed E-state index contributed by atoms with van der Waals surface area (Å²) in [6, 6.07) is 3.66. The number of carboxylic acid groups (broad SMARTS) is 1. The average Bonchev–Trinajstić information content (AvgIpc) is 2.04. The van der Waals surface area contributed by atoms with Crippen LogP contribution in [0.25, 0.3) is 0 Å². The zero-order chi connectivity index (χ0) is 9.84. The summed E-state index contributed by atoms with van der Waals surface area (Å²) >= 11 is 0. The molecule has 0 aromatic heterocycles. The lowest BCUT2D eigenvalue weighted by Crippen LogP contribution is -2.05. The summed E-state index contributed by atoms with van der Waals surface area (Å²) in [4.78, 5) is 10.5. The van der Waals surface area contributed by atoms with Gasteiger partial charge in [-0.05, 0) is 12.1 Å². The van der Waals surface area contributed by atoms with Gasteiger partial charge in [-0.25, -0.2) is 9.18 Å². The molecule has 0 unspecified atom stereocenters. The highest BCUT2D eigenvalue weighted by Crippen LogP contribution is 2.18. The summed E-state index contributed by atoms with van der Waals surface area (Å²) in [5, 5.41) is 18.9. The summed E-state index contributed by atoms with van der Waals surface area (Å²) in [7, 11) is 0. The molecule has 0 spiro atoms. The van der Waals surface area contributed by atoms with Crippen molar-refractivity contribution in [2.24, 2.45) is 0 Å². The van der Waals surface area contributed by atoms with Crippen LogP contribution in [0.1, 0.15) is 10.4 Å². The predicted molar refractivity (Wildman–Crippen MR) is 42.6 cm³/mol. The number of halogens is 1. The normalized spacial score (nSPS) is 8.92. The minimum Gasteiger partial charge on any atom is -0.478 e. The summed E-state index contributed by atoms with van der Waals surface area (Å²) in [6.45, 7) is 0. The molecule has 13 heavy (non-hydrogen) atoms. The number of nitrogens with zero attached hydrogens (tertiary/aromatic N) is 1. The number of nitriles is 1. The van der Waals surface area contributed by atoms with Gasteiger partial charge >= 0.3 is 5.97 Å². The lowest BCUT2D eigenvalue weighted by Gasteiger charge is -2.02. The van der Waals surface area contributed by atoms with Gasteiger partial charge in [-0.15, -0.1) is 0 Å². The Labute approximate surface area is 73.2 Å². The molecule has 0 aliphatic heterocycles. The molecule has 0 fully saturated rings. The van der Waals surface area contributed by atoms with E-state index in [4.69, 9.17) is 10.4 Å². The molecule has 0 amide bonds. The summed E-state index contributed by atoms with van der Waals surface area (Å²) in [5.74, 6) is -2.27. The van der Waals surface area contributed by atoms with Crippen molar-refractivity contribution in [2.45, 2.75) is 0 Å². The molecule has 1 aromatic carbocycles. The molecule has 0 heterocycles. The van der Waals surface area contributed by atoms with Crippen LogP contribution in [0, 0.1) is 17.3 Å². The number of carbonyl (C=O) groups is 1. The molecule has 5 heteroatoms. The maximum atomic E-state index is 12.9. The number of aromatic carboxylic acids is 1. The standard InChI is InChI=1S/C8H5FN2O2/c9-5-2-1-3-6(11-4-10)7(5)8(12)13/h1-3,11H,(H,12,13). The van der Waals surface area contributed by atoms with E-state index in [0.717, 1.165) is 6.07 Å². The number of anilines is 1. The third-order valence-electron chi connectivity index (χ3n) is 1.42. The second kappa shape index (κ2) is 3.54. The third-order valence-corrected chi connectivity index (χ3v) is 1.42. The van der Waals surface area contributed by atoms with Gasteiger partial charge in [0.05, 0.1) is 5.69 Å². The molecule has 0 aliphatic rings. The molecule has 1 rings (SSSR count). The van der Waals surface area contributed by atoms with Crippen molar-refractivity contribution in [3.63, 3.8) is 0 Å². The lowest BCUT2D eigenvalue weighted by atomic mass is 10.1. The molecule has 0 bridgehead atoms. The fourth-order valence-corrected chi connectivity index (χ4v) is 0.906. The number of benzene rings is 1. The Hall–Kier alpha value is -2.09. The highest BCUT2D eigenvalue weighted by molar-refractivity contribution is 5.94. The van der Waals surface area contributed by atoms with Crippen LogP contribution in [0.2, 0.25) is 0 Å². The maximum Gasteiger partial charge on any atom is 0.340 e. The molecule has 0 saturated carbocycles. The van der Waals surface area contributed by atoms with Crippen molar-refractivity contribution in [2.75, 3.05) is 5.32 Å². The minimum absolute atomic E-state index is 0.0463. The number of hydrogen-bond donors (Lipinski definition) is 2. The molecule has 0 atom stereocenters. The van der Waals surface area contributed by atoms with Crippen LogP contribution >= 0.6 is 0 Å². The predicted octanol–water partition coefficient (Wildman–Crippen LogP) is 1.42. The summed E-state index contributed by atoms with van der Waals surface area (Å²) in [5.41, 5.74) is -0.570. The molecule has 2 N–H and O–H groups in total. The quantitative estimate of drug-likeness (QED) is 0.533. The van der Waals surface area contributed by atoms with Crippen molar-refractivity contribution in [3.05, 3.63) is 29.6 Å². The van der Waals surface area contributed by atoms with Crippen molar-refractivity contribution in [3.8, 4) is 6.19 Å². The first-order valence-electron chi connectivity index (χ1n) is 3.33. The smallest absolute Gasteiger partial charge is 0.340 e. The highest BCUT2D eigenvalue weighted by Gasteiger charge is 2.14. The molecule has 1 aromatic rings. The molecule has 0 saturated heterocycles. The second-order valence-electron chi connectivity index (χ2n) is 2.20. The Morgan fingerprint density at radius 3 is 2.85 bits per heavy atom. The Bertz CT molecular complexity index is 384. The Morgan fingerprint density at radius 1 is 1.62 bits per heavy atom.